The van der Waals surface area contributed by atoms with Gasteiger partial charge in [0.1, 0.15) is 18.7 Å². The van der Waals surface area contributed by atoms with Crippen molar-refractivity contribution < 1.29 is 56.8 Å². The molecular formula is C47H74N5O12S-. The number of amides is 5. The second-order valence-electron chi connectivity index (χ2n) is 17.2. The molecule has 0 saturated carbocycles. The number of ether oxygens (including phenoxy) is 4. The van der Waals surface area contributed by atoms with Crippen molar-refractivity contribution >= 4 is 40.8 Å². The van der Waals surface area contributed by atoms with E-state index in [1.807, 2.05) is 32.0 Å². The fourth-order valence-electron chi connectivity index (χ4n) is 7.59. The number of aliphatic hydroxyl groups is 1. The molecule has 5 amide bonds. The largest absolute Gasteiger partial charge is 0.768 e. The highest BCUT2D eigenvalue weighted by Gasteiger charge is 2.40. The van der Waals surface area contributed by atoms with Crippen LogP contribution in [-0.2, 0) is 55.8 Å². The monoisotopic (exact) mass is 933 g/mol. The first-order valence-corrected chi connectivity index (χ1v) is 23.4. The summed E-state index contributed by atoms with van der Waals surface area (Å²) < 4.78 is 45.9. The maximum absolute atomic E-state index is 14.3. The van der Waals surface area contributed by atoms with Gasteiger partial charge >= 0.3 is 6.09 Å². The van der Waals surface area contributed by atoms with Gasteiger partial charge in [-0.1, -0.05) is 96.5 Å². The standard InChI is InChI=1S/C47H75N5O12S/c1-13-31(6)41(36(61-11)27-38(53)48-25-19-20-26-63-46(62-12)32(7)43(55)49-33(8)42(54)34-21-15-14-16-22-34)51(9)45(57)39(29(2)3)50-44(56)40(30(4)5)52(10)47(58)64-28-35-23-17-18-24-37(35)65(59)60/h14-18,21-24,29-33,36,39-42,46,54H,13,19-20,25-28H2,1-12H3,(H,48,53)(H,49,55)(H,50,56)(H,59,60)/p-1/t31-,32-,33+,36+,39-,40-,41-,42+,46-/m0/s1. The van der Waals surface area contributed by atoms with Crippen molar-refractivity contribution in [2.75, 3.05) is 41.5 Å². The molecule has 0 heterocycles. The van der Waals surface area contributed by atoms with Gasteiger partial charge in [0.15, 0.2) is 6.29 Å². The van der Waals surface area contributed by atoms with Gasteiger partial charge in [0.05, 0.1) is 36.6 Å². The fraction of sp³-hybridized carbons (Fsp3) is 0.638. The maximum atomic E-state index is 14.3. The average Bonchev–Trinajstić information content (AvgIpc) is 3.28. The normalized spacial score (nSPS) is 16.2. The van der Waals surface area contributed by atoms with Gasteiger partial charge in [-0.25, -0.2) is 4.79 Å². The number of methoxy groups -OCH3 is 2. The number of unbranched alkanes of at least 4 members (excludes halogenated alkanes) is 1. The van der Waals surface area contributed by atoms with E-state index in [0.717, 1.165) is 4.90 Å². The van der Waals surface area contributed by atoms with Crippen LogP contribution in [0, 0.1) is 23.7 Å². The summed E-state index contributed by atoms with van der Waals surface area (Å²) in [6.07, 6.45) is -1.47. The summed E-state index contributed by atoms with van der Waals surface area (Å²) in [5.41, 5.74) is 0.976. The zero-order valence-electron chi connectivity index (χ0n) is 40.2. The van der Waals surface area contributed by atoms with Gasteiger partial charge < -0.3 is 49.5 Å². The number of carbonyl (C=O) groups excluding carboxylic acids is 5. The van der Waals surface area contributed by atoms with Crippen LogP contribution in [0.3, 0.4) is 0 Å². The van der Waals surface area contributed by atoms with Gasteiger partial charge in [0.25, 0.3) is 0 Å². The maximum Gasteiger partial charge on any atom is 0.410 e. The topological polar surface area (TPSA) is 225 Å². The molecule has 0 aromatic heterocycles. The lowest BCUT2D eigenvalue weighted by Crippen LogP contribution is -2.60. The number of likely N-dealkylation sites (N-methyl/N-ethyl adjacent to an activating group) is 2. The molecule has 18 heteroatoms. The quantitative estimate of drug-likeness (QED) is 0.0518. The Bertz CT molecular complexity index is 1820. The van der Waals surface area contributed by atoms with Crippen molar-refractivity contribution in [3.05, 3.63) is 65.7 Å². The highest BCUT2D eigenvalue weighted by Crippen LogP contribution is 2.24. The first-order valence-electron chi connectivity index (χ1n) is 22.3. The Morgan fingerprint density at radius 1 is 0.815 bits per heavy atom. The Labute approximate surface area is 388 Å². The Morgan fingerprint density at radius 3 is 2.02 bits per heavy atom. The van der Waals surface area contributed by atoms with E-state index in [0.29, 0.717) is 31.4 Å². The zero-order valence-corrected chi connectivity index (χ0v) is 41.1. The van der Waals surface area contributed by atoms with Crippen LogP contribution in [0.5, 0.6) is 0 Å². The van der Waals surface area contributed by atoms with Gasteiger partial charge in [0.2, 0.25) is 23.6 Å². The molecule has 0 spiro atoms. The third-order valence-corrected chi connectivity index (χ3v) is 12.4. The third-order valence-electron chi connectivity index (χ3n) is 11.6. The average molecular weight is 933 g/mol. The zero-order chi connectivity index (χ0) is 49.0. The second kappa shape index (κ2) is 28.5. The van der Waals surface area contributed by atoms with Crippen molar-refractivity contribution in [1.82, 2.24) is 25.8 Å². The summed E-state index contributed by atoms with van der Waals surface area (Å²) in [5.74, 6) is -3.09. The molecule has 0 aliphatic carbocycles. The molecule has 2 aromatic carbocycles. The van der Waals surface area contributed by atoms with Gasteiger partial charge in [-0.05, 0) is 67.2 Å². The summed E-state index contributed by atoms with van der Waals surface area (Å²) in [7, 11) is 5.99. The van der Waals surface area contributed by atoms with E-state index in [4.69, 9.17) is 18.9 Å². The minimum Gasteiger partial charge on any atom is -0.768 e. The Kier molecular flexibility index (Phi) is 24.9. The summed E-state index contributed by atoms with van der Waals surface area (Å²) in [4.78, 5) is 70.4. The van der Waals surface area contributed by atoms with Crippen LogP contribution in [-0.4, -0.2) is 131 Å². The fourth-order valence-corrected chi connectivity index (χ4v) is 8.12. The second-order valence-corrected chi connectivity index (χ2v) is 18.1. The molecule has 366 valence electrons. The van der Waals surface area contributed by atoms with Gasteiger partial charge in [-0.3, -0.25) is 28.3 Å². The molecule has 10 atom stereocenters. The Morgan fingerprint density at radius 2 is 1.45 bits per heavy atom. The molecule has 0 saturated heterocycles. The number of aliphatic hydroxyl groups excluding tert-OH is 1. The smallest absolute Gasteiger partial charge is 0.410 e. The number of nitrogens with zero attached hydrogens (tertiary/aromatic N) is 2. The lowest BCUT2D eigenvalue weighted by molar-refractivity contribution is -0.166. The van der Waals surface area contributed by atoms with Crippen LogP contribution in [0.25, 0.3) is 0 Å². The first kappa shape index (κ1) is 56.7. The molecule has 0 aliphatic heterocycles. The number of nitrogens with one attached hydrogen (secondary N) is 3. The molecule has 17 nitrogen and oxygen atoms in total. The SMILES string of the molecule is CC[C@H](C)[C@@H]([C@@H](CC(=O)NCCCCO[C@H](OC)[C@@H](C)C(=O)N[C@H](C)[C@@H](O)c1ccccc1)OC)N(C)C(=O)[C@@H](NC(=O)[C@H](C(C)C)N(C)C(=O)OCc1ccccc1S(=O)[O-])C(C)C. The molecular weight excluding hydrogens is 859 g/mol. The van der Waals surface area contributed by atoms with Crippen LogP contribution in [0.15, 0.2) is 59.5 Å². The predicted octanol–water partition coefficient (Wildman–Crippen LogP) is 4.70. The van der Waals surface area contributed by atoms with Gasteiger partial charge in [-0.15, -0.1) is 0 Å². The lowest BCUT2D eigenvalue weighted by atomic mass is 9.89. The molecule has 2 aromatic rings. The van der Waals surface area contributed by atoms with E-state index >= 15 is 0 Å². The summed E-state index contributed by atoms with van der Waals surface area (Å²) >= 11 is -2.54. The van der Waals surface area contributed by atoms with Crippen molar-refractivity contribution in [2.45, 2.75) is 135 Å². The number of rotatable bonds is 28. The van der Waals surface area contributed by atoms with Crippen molar-refractivity contribution in [3.8, 4) is 0 Å². The van der Waals surface area contributed by atoms with E-state index in [-0.39, 0.29) is 53.7 Å². The van der Waals surface area contributed by atoms with Crippen molar-refractivity contribution in [1.29, 1.82) is 0 Å². The number of carbonyl (C=O) groups is 5. The summed E-state index contributed by atoms with van der Waals surface area (Å²) in [6, 6.07) is 12.1. The number of hydrogen-bond acceptors (Lipinski definition) is 12. The molecule has 0 radical (unpaired) electrons. The number of hydrogen-bond donors (Lipinski definition) is 4. The summed E-state index contributed by atoms with van der Waals surface area (Å²) in [5, 5.41) is 19.3. The lowest BCUT2D eigenvalue weighted by Gasteiger charge is -2.40. The molecule has 0 fully saturated rings. The highest BCUT2D eigenvalue weighted by atomic mass is 32.2. The van der Waals surface area contributed by atoms with Crippen LogP contribution in [0.2, 0.25) is 0 Å². The van der Waals surface area contributed by atoms with Crippen LogP contribution in [0.1, 0.15) is 98.3 Å². The van der Waals surface area contributed by atoms with E-state index in [9.17, 15) is 37.8 Å². The van der Waals surface area contributed by atoms with E-state index in [1.165, 1.54) is 38.3 Å². The molecule has 0 aliphatic rings. The van der Waals surface area contributed by atoms with E-state index in [2.05, 4.69) is 16.0 Å². The van der Waals surface area contributed by atoms with Crippen LogP contribution < -0.4 is 16.0 Å². The number of benzene rings is 2. The first-order chi connectivity index (χ1) is 30.7. The molecule has 0 bridgehead atoms. The van der Waals surface area contributed by atoms with Crippen molar-refractivity contribution in [2.24, 2.45) is 23.7 Å². The Hall–Kier alpha value is -4.46. The van der Waals surface area contributed by atoms with Crippen LogP contribution in [0.4, 0.5) is 4.79 Å². The predicted molar refractivity (Wildman–Crippen MR) is 246 cm³/mol. The molecule has 1 unspecified atom stereocenters. The van der Waals surface area contributed by atoms with Crippen molar-refractivity contribution in [3.63, 3.8) is 0 Å². The van der Waals surface area contributed by atoms with Crippen LogP contribution >= 0.6 is 0 Å². The van der Waals surface area contributed by atoms with E-state index in [1.54, 1.807) is 72.9 Å². The summed E-state index contributed by atoms with van der Waals surface area (Å²) in [6.45, 7) is 14.8. The minimum atomic E-state index is -2.54. The molecule has 2 rings (SSSR count). The van der Waals surface area contributed by atoms with E-state index < -0.39 is 83.5 Å². The third kappa shape index (κ3) is 17.4. The molecule has 65 heavy (non-hydrogen) atoms. The molecule has 4 N–H and O–H groups in total. The Balaban J connectivity index is 2.00. The van der Waals surface area contributed by atoms with Gasteiger partial charge in [-0.2, -0.15) is 0 Å². The minimum absolute atomic E-state index is 0.00549. The highest BCUT2D eigenvalue weighted by molar-refractivity contribution is 7.79. The van der Waals surface area contributed by atoms with Gasteiger partial charge in [0, 0.05) is 51.9 Å².